The summed E-state index contributed by atoms with van der Waals surface area (Å²) in [6.45, 7) is 12.1. The Morgan fingerprint density at radius 2 is 2.00 bits per heavy atom. The molecule has 0 fully saturated rings. The topological polar surface area (TPSA) is 21.3 Å². The molecule has 0 saturated carbocycles. The molecule has 2 nitrogen and oxygen atoms in total. The quantitative estimate of drug-likeness (QED) is 0.851. The maximum atomic E-state index is 6.28. The van der Waals surface area contributed by atoms with Gasteiger partial charge < -0.3 is 10.1 Å². The fourth-order valence-electron chi connectivity index (χ4n) is 2.95. The summed E-state index contributed by atoms with van der Waals surface area (Å²) in [6, 6.07) is 4.84. The lowest BCUT2D eigenvalue weighted by molar-refractivity contribution is 0.183. The van der Waals surface area contributed by atoms with Gasteiger partial charge in [0.15, 0.2) is 0 Å². The van der Waals surface area contributed by atoms with Crippen molar-refractivity contribution < 1.29 is 4.74 Å². The summed E-state index contributed by atoms with van der Waals surface area (Å²) in [5.41, 5.74) is 4.09. The average Bonchev–Trinajstić information content (AvgIpc) is 2.75. The lowest BCUT2D eigenvalue weighted by Gasteiger charge is -2.19. The third kappa shape index (κ3) is 2.64. The molecule has 0 radical (unpaired) electrons. The molecule has 106 valence electrons. The normalized spacial score (nSPS) is 21.6. The van der Waals surface area contributed by atoms with Gasteiger partial charge in [0.1, 0.15) is 11.9 Å². The van der Waals surface area contributed by atoms with Crippen molar-refractivity contribution in [3.05, 3.63) is 28.8 Å². The smallest absolute Gasteiger partial charge is 0.128 e. The Labute approximate surface area is 117 Å². The van der Waals surface area contributed by atoms with Gasteiger partial charge >= 0.3 is 0 Å². The van der Waals surface area contributed by atoms with E-state index in [4.69, 9.17) is 4.74 Å². The first-order valence-electron chi connectivity index (χ1n) is 7.63. The van der Waals surface area contributed by atoms with E-state index in [1.165, 1.54) is 16.7 Å². The van der Waals surface area contributed by atoms with Gasteiger partial charge in [-0.1, -0.05) is 39.8 Å². The van der Waals surface area contributed by atoms with Crippen molar-refractivity contribution in [2.75, 3.05) is 6.54 Å². The van der Waals surface area contributed by atoms with Crippen LogP contribution in [0.4, 0.5) is 0 Å². The molecular formula is C17H27NO. The Morgan fingerprint density at radius 1 is 1.26 bits per heavy atom. The van der Waals surface area contributed by atoms with Crippen molar-refractivity contribution in [2.45, 2.75) is 65.5 Å². The summed E-state index contributed by atoms with van der Waals surface area (Å²) in [5.74, 6) is 1.66. The van der Waals surface area contributed by atoms with Crippen molar-refractivity contribution in [1.82, 2.24) is 5.32 Å². The van der Waals surface area contributed by atoms with Crippen LogP contribution in [0.3, 0.4) is 0 Å². The molecule has 19 heavy (non-hydrogen) atoms. The first-order valence-corrected chi connectivity index (χ1v) is 7.63. The highest BCUT2D eigenvalue weighted by atomic mass is 16.5. The molecule has 0 bridgehead atoms. The minimum absolute atomic E-state index is 0.278. The SMILES string of the molecule is CCCNC1c2c(C)ccc(C(C)C)c2OC1CC. The zero-order valence-electron chi connectivity index (χ0n) is 12.9. The number of nitrogens with one attached hydrogen (secondary N) is 1. The lowest BCUT2D eigenvalue weighted by atomic mass is 9.92. The van der Waals surface area contributed by atoms with Crippen LogP contribution < -0.4 is 10.1 Å². The van der Waals surface area contributed by atoms with Crippen molar-refractivity contribution in [3.63, 3.8) is 0 Å². The highest BCUT2D eigenvalue weighted by Crippen LogP contribution is 2.44. The summed E-state index contributed by atoms with van der Waals surface area (Å²) in [6.07, 6.45) is 2.48. The largest absolute Gasteiger partial charge is 0.488 e. The van der Waals surface area contributed by atoms with Crippen LogP contribution in [0.25, 0.3) is 0 Å². The van der Waals surface area contributed by atoms with Gasteiger partial charge in [0.25, 0.3) is 0 Å². The molecule has 1 aliphatic heterocycles. The van der Waals surface area contributed by atoms with Gasteiger partial charge in [-0.15, -0.1) is 0 Å². The van der Waals surface area contributed by atoms with Crippen LogP contribution in [0.5, 0.6) is 5.75 Å². The molecule has 1 aromatic rings. The second kappa shape index (κ2) is 5.96. The molecule has 0 amide bonds. The number of fused-ring (bicyclic) bond motifs is 1. The average molecular weight is 261 g/mol. The van der Waals surface area contributed by atoms with E-state index < -0.39 is 0 Å². The molecule has 2 heteroatoms. The molecule has 2 atom stereocenters. The highest BCUT2D eigenvalue weighted by molar-refractivity contribution is 5.52. The molecule has 0 saturated heterocycles. The Kier molecular flexibility index (Phi) is 4.51. The number of hydrogen-bond acceptors (Lipinski definition) is 2. The van der Waals surface area contributed by atoms with Gasteiger partial charge in [-0.3, -0.25) is 0 Å². The number of rotatable bonds is 5. The monoisotopic (exact) mass is 261 g/mol. The van der Waals surface area contributed by atoms with Gasteiger partial charge in [0, 0.05) is 5.56 Å². The van der Waals surface area contributed by atoms with E-state index in [0.29, 0.717) is 12.0 Å². The molecule has 0 aliphatic carbocycles. The van der Waals surface area contributed by atoms with E-state index in [9.17, 15) is 0 Å². The van der Waals surface area contributed by atoms with E-state index in [1.807, 2.05) is 0 Å². The summed E-state index contributed by atoms with van der Waals surface area (Å²) < 4.78 is 6.28. The highest BCUT2D eigenvalue weighted by Gasteiger charge is 2.35. The van der Waals surface area contributed by atoms with E-state index in [1.54, 1.807) is 0 Å². The minimum atomic E-state index is 0.278. The summed E-state index contributed by atoms with van der Waals surface area (Å²) in [4.78, 5) is 0. The molecule has 2 rings (SSSR count). The predicted molar refractivity (Wildman–Crippen MR) is 81.0 cm³/mol. The van der Waals surface area contributed by atoms with Crippen LogP contribution >= 0.6 is 0 Å². The first kappa shape index (κ1) is 14.4. The fourth-order valence-corrected chi connectivity index (χ4v) is 2.95. The second-order valence-electron chi connectivity index (χ2n) is 5.87. The number of benzene rings is 1. The maximum absolute atomic E-state index is 6.28. The van der Waals surface area contributed by atoms with Gasteiger partial charge in [0.2, 0.25) is 0 Å². The van der Waals surface area contributed by atoms with Crippen LogP contribution in [0, 0.1) is 6.92 Å². The Balaban J connectivity index is 2.42. The molecule has 1 heterocycles. The summed E-state index contributed by atoms with van der Waals surface area (Å²) in [7, 11) is 0. The zero-order valence-corrected chi connectivity index (χ0v) is 12.9. The van der Waals surface area contributed by atoms with Gasteiger partial charge in [-0.2, -0.15) is 0 Å². The summed E-state index contributed by atoms with van der Waals surface area (Å²) >= 11 is 0. The molecule has 0 spiro atoms. The van der Waals surface area contributed by atoms with Crippen LogP contribution in [-0.4, -0.2) is 12.6 Å². The maximum Gasteiger partial charge on any atom is 0.128 e. The molecule has 0 aromatic heterocycles. The molecule has 1 N–H and O–H groups in total. The van der Waals surface area contributed by atoms with Crippen molar-refractivity contribution in [3.8, 4) is 5.75 Å². The van der Waals surface area contributed by atoms with E-state index in [-0.39, 0.29) is 6.10 Å². The number of ether oxygens (including phenoxy) is 1. The van der Waals surface area contributed by atoms with Crippen molar-refractivity contribution in [2.24, 2.45) is 0 Å². The molecular weight excluding hydrogens is 234 g/mol. The van der Waals surface area contributed by atoms with Crippen LogP contribution in [0.15, 0.2) is 12.1 Å². The Hall–Kier alpha value is -1.02. The van der Waals surface area contributed by atoms with Gasteiger partial charge in [-0.05, 0) is 43.4 Å². The lowest BCUT2D eigenvalue weighted by Crippen LogP contribution is -2.31. The van der Waals surface area contributed by atoms with Gasteiger partial charge in [-0.25, -0.2) is 0 Å². The number of aryl methyl sites for hydroxylation is 1. The van der Waals surface area contributed by atoms with Crippen LogP contribution in [0.1, 0.15) is 69.2 Å². The third-order valence-electron chi connectivity index (χ3n) is 4.04. The van der Waals surface area contributed by atoms with Crippen molar-refractivity contribution >= 4 is 0 Å². The second-order valence-corrected chi connectivity index (χ2v) is 5.87. The Bertz CT molecular complexity index is 439. The molecule has 1 aromatic carbocycles. The Morgan fingerprint density at radius 3 is 2.58 bits per heavy atom. The van der Waals surface area contributed by atoms with Gasteiger partial charge in [0.05, 0.1) is 6.04 Å². The first-order chi connectivity index (χ1) is 9.10. The van der Waals surface area contributed by atoms with Crippen molar-refractivity contribution in [1.29, 1.82) is 0 Å². The standard InChI is InChI=1S/C17H27NO/c1-6-10-18-16-14(7-2)19-17-13(11(3)4)9-8-12(5)15(16)17/h8-9,11,14,16,18H,6-7,10H2,1-5H3. The fraction of sp³-hybridized carbons (Fsp3) is 0.647. The summed E-state index contributed by atoms with van der Waals surface area (Å²) in [5, 5.41) is 3.67. The molecule has 1 aliphatic rings. The van der Waals surface area contributed by atoms with E-state index in [2.05, 4.69) is 52.1 Å². The van der Waals surface area contributed by atoms with Crippen LogP contribution in [-0.2, 0) is 0 Å². The predicted octanol–water partition coefficient (Wildman–Crippen LogP) is 4.33. The zero-order chi connectivity index (χ0) is 14.0. The number of hydrogen-bond donors (Lipinski definition) is 1. The third-order valence-corrected chi connectivity index (χ3v) is 4.04. The molecule has 2 unspecified atom stereocenters. The van der Waals surface area contributed by atoms with E-state index >= 15 is 0 Å². The van der Waals surface area contributed by atoms with E-state index in [0.717, 1.165) is 25.1 Å². The minimum Gasteiger partial charge on any atom is -0.488 e. The van der Waals surface area contributed by atoms with Crippen LogP contribution in [0.2, 0.25) is 0 Å².